The van der Waals surface area contributed by atoms with E-state index in [4.69, 9.17) is 14.7 Å². The van der Waals surface area contributed by atoms with Gasteiger partial charge in [-0.25, -0.2) is 10.9 Å². The molecule has 2 aromatic rings. The Kier molecular flexibility index (Phi) is 11.2. The number of nitrogens with one attached hydrogen (secondary N) is 2. The first-order valence-corrected chi connectivity index (χ1v) is 14.1. The molecule has 0 unspecified atom stereocenters. The van der Waals surface area contributed by atoms with Crippen LogP contribution in [-0.4, -0.2) is 58.8 Å². The van der Waals surface area contributed by atoms with Crippen molar-refractivity contribution >= 4 is 29.9 Å². The van der Waals surface area contributed by atoms with E-state index in [-0.39, 0.29) is 35.3 Å². The smallest absolute Gasteiger partial charge is 0.306 e. The fraction of sp³-hybridized carbons (Fsp3) is 0.387. The molecule has 0 spiro atoms. The third-order valence-corrected chi connectivity index (χ3v) is 7.15. The highest BCUT2D eigenvalue weighted by Gasteiger charge is 2.35. The second-order valence-corrected chi connectivity index (χ2v) is 10.2. The summed E-state index contributed by atoms with van der Waals surface area (Å²) in [5.41, 5.74) is 5.85. The third kappa shape index (κ3) is 9.00. The Labute approximate surface area is 244 Å². The van der Waals surface area contributed by atoms with Crippen LogP contribution in [0.3, 0.4) is 0 Å². The molecule has 1 aliphatic carbocycles. The molecule has 1 saturated carbocycles. The van der Waals surface area contributed by atoms with E-state index >= 15 is 0 Å². The number of hydrogen-bond acceptors (Lipinski definition) is 8. The zero-order chi connectivity index (χ0) is 29.7. The Bertz CT molecular complexity index is 1330. The van der Waals surface area contributed by atoms with Crippen LogP contribution in [0.1, 0.15) is 72.9 Å². The lowest BCUT2D eigenvalue weighted by Crippen LogP contribution is -2.49. The number of fused-ring (bicyclic) bond motifs is 1. The number of hydroxylamine groups is 1. The number of nitrogens with zero attached hydrogens (tertiary/aromatic N) is 2. The monoisotopic (exact) mass is 576 g/mol. The van der Waals surface area contributed by atoms with Crippen molar-refractivity contribution in [1.29, 1.82) is 0 Å². The van der Waals surface area contributed by atoms with Crippen LogP contribution in [0.25, 0.3) is 0 Å². The predicted octanol–water partition coefficient (Wildman–Crippen LogP) is 3.65. The van der Waals surface area contributed by atoms with Gasteiger partial charge in [-0.2, -0.15) is 5.10 Å². The molecule has 11 heteroatoms. The molecule has 222 valence electrons. The maximum absolute atomic E-state index is 13.4. The van der Waals surface area contributed by atoms with Crippen molar-refractivity contribution in [3.05, 3.63) is 77.4 Å². The van der Waals surface area contributed by atoms with E-state index in [1.165, 1.54) is 17.8 Å². The number of rotatable bonds is 8. The zero-order valence-corrected chi connectivity index (χ0v) is 23.4. The number of esters is 1. The SMILES string of the molecule is O=C(COc1cccc(C(=O)N/N=C/c2cccc(CN3C(=O)CC/C=C/CCC(=O)O[C@@H]4CCCC[C@H]43)c2)c1)NO. The predicted molar refractivity (Wildman–Crippen MR) is 154 cm³/mol. The Morgan fingerprint density at radius 1 is 1.05 bits per heavy atom. The lowest BCUT2D eigenvalue weighted by atomic mass is 9.90. The van der Waals surface area contributed by atoms with Gasteiger partial charge < -0.3 is 14.4 Å². The Morgan fingerprint density at radius 2 is 1.83 bits per heavy atom. The van der Waals surface area contributed by atoms with Gasteiger partial charge in [0, 0.05) is 24.9 Å². The van der Waals surface area contributed by atoms with Crippen LogP contribution in [0.2, 0.25) is 0 Å². The van der Waals surface area contributed by atoms with Crippen LogP contribution in [0.15, 0.2) is 65.8 Å². The van der Waals surface area contributed by atoms with E-state index in [1.54, 1.807) is 18.2 Å². The Hall–Kier alpha value is -4.51. The fourth-order valence-corrected chi connectivity index (χ4v) is 5.08. The second-order valence-electron chi connectivity index (χ2n) is 10.2. The van der Waals surface area contributed by atoms with Crippen molar-refractivity contribution in [1.82, 2.24) is 15.8 Å². The third-order valence-electron chi connectivity index (χ3n) is 7.15. The van der Waals surface area contributed by atoms with E-state index in [0.717, 1.165) is 36.8 Å². The van der Waals surface area contributed by atoms with Gasteiger partial charge in [-0.1, -0.05) is 42.8 Å². The first-order valence-electron chi connectivity index (χ1n) is 14.1. The molecule has 1 heterocycles. The number of hydrazone groups is 1. The van der Waals surface area contributed by atoms with Crippen molar-refractivity contribution in [2.75, 3.05) is 6.61 Å². The van der Waals surface area contributed by atoms with Gasteiger partial charge in [0.15, 0.2) is 6.61 Å². The standard InChI is InChI=1S/C31H36N4O7/c36-28(34-40)21-41-25-12-8-11-24(18-25)31(39)33-32-19-22-9-7-10-23(17-22)20-35-26-13-5-6-14-27(26)42-30(38)16-4-2-1-3-15-29(35)37/h1-2,7-12,17-19,26-27,40H,3-6,13-16,20-21H2,(H,33,39)(H,34,36)/b2-1+,32-19+/t26-,27-/m1/s1. The number of benzene rings is 2. The topological polar surface area (TPSA) is 147 Å². The van der Waals surface area contributed by atoms with Gasteiger partial charge in [-0.05, 0) is 67.5 Å². The summed E-state index contributed by atoms with van der Waals surface area (Å²) in [5.74, 6) is -1.11. The van der Waals surface area contributed by atoms with Crippen LogP contribution in [0.5, 0.6) is 5.75 Å². The van der Waals surface area contributed by atoms with E-state index in [2.05, 4.69) is 10.5 Å². The van der Waals surface area contributed by atoms with Gasteiger partial charge in [0.25, 0.3) is 11.8 Å². The molecule has 2 aliphatic rings. The van der Waals surface area contributed by atoms with Gasteiger partial charge in [-0.15, -0.1) is 0 Å². The number of ether oxygens (including phenoxy) is 2. The zero-order valence-electron chi connectivity index (χ0n) is 23.4. The van der Waals surface area contributed by atoms with Crippen molar-refractivity contribution in [3.8, 4) is 5.75 Å². The van der Waals surface area contributed by atoms with Crippen LogP contribution >= 0.6 is 0 Å². The van der Waals surface area contributed by atoms with E-state index in [1.807, 2.05) is 41.3 Å². The molecule has 0 saturated heterocycles. The first-order chi connectivity index (χ1) is 20.4. The molecular formula is C31H36N4O7. The molecule has 11 nitrogen and oxygen atoms in total. The number of carbonyl (C=O) groups is 4. The quantitative estimate of drug-likeness (QED) is 0.143. The largest absolute Gasteiger partial charge is 0.484 e. The summed E-state index contributed by atoms with van der Waals surface area (Å²) in [6.45, 7) is -0.0287. The Morgan fingerprint density at radius 3 is 2.67 bits per heavy atom. The molecule has 0 radical (unpaired) electrons. The molecule has 42 heavy (non-hydrogen) atoms. The van der Waals surface area contributed by atoms with Crippen LogP contribution in [0.4, 0.5) is 0 Å². The summed E-state index contributed by atoms with van der Waals surface area (Å²) in [5, 5.41) is 12.6. The average molecular weight is 577 g/mol. The molecule has 0 bridgehead atoms. The normalized spacial score (nSPS) is 20.5. The lowest BCUT2D eigenvalue weighted by Gasteiger charge is -2.39. The number of hydrogen-bond donors (Lipinski definition) is 3. The van der Waals surface area contributed by atoms with Gasteiger partial charge in [0.05, 0.1) is 12.3 Å². The average Bonchev–Trinajstić information content (AvgIpc) is 3.00. The molecule has 2 aromatic carbocycles. The summed E-state index contributed by atoms with van der Waals surface area (Å²) >= 11 is 0. The summed E-state index contributed by atoms with van der Waals surface area (Å²) in [4.78, 5) is 51.4. The molecule has 3 amide bonds. The maximum Gasteiger partial charge on any atom is 0.306 e. The first kappa shape index (κ1) is 30.4. The minimum Gasteiger partial charge on any atom is -0.484 e. The van der Waals surface area contributed by atoms with E-state index in [0.29, 0.717) is 32.2 Å². The van der Waals surface area contributed by atoms with Gasteiger partial charge in [-0.3, -0.25) is 24.4 Å². The maximum atomic E-state index is 13.4. The van der Waals surface area contributed by atoms with Crippen LogP contribution in [-0.2, 0) is 25.7 Å². The van der Waals surface area contributed by atoms with Crippen molar-refractivity contribution in [3.63, 3.8) is 0 Å². The molecule has 4 rings (SSSR count). The molecule has 1 fully saturated rings. The second kappa shape index (κ2) is 15.5. The molecule has 2 atom stereocenters. The molecular weight excluding hydrogens is 540 g/mol. The lowest BCUT2D eigenvalue weighted by molar-refractivity contribution is -0.159. The fourth-order valence-electron chi connectivity index (χ4n) is 5.08. The molecule has 0 aromatic heterocycles. The number of amides is 3. The minimum absolute atomic E-state index is 0.0303. The summed E-state index contributed by atoms with van der Waals surface area (Å²) in [7, 11) is 0. The highest BCUT2D eigenvalue weighted by molar-refractivity contribution is 5.95. The number of allylic oxidation sites excluding steroid dienone is 2. The van der Waals surface area contributed by atoms with Crippen LogP contribution < -0.4 is 15.6 Å². The van der Waals surface area contributed by atoms with Gasteiger partial charge >= 0.3 is 5.97 Å². The highest BCUT2D eigenvalue weighted by Crippen LogP contribution is 2.29. The summed E-state index contributed by atoms with van der Waals surface area (Å²) in [6.07, 6.45) is 10.5. The molecule has 1 aliphatic heterocycles. The summed E-state index contributed by atoms with van der Waals surface area (Å²) in [6, 6.07) is 13.6. The van der Waals surface area contributed by atoms with Gasteiger partial charge in [0.1, 0.15) is 11.9 Å². The Balaban J connectivity index is 1.42. The van der Waals surface area contributed by atoms with Crippen LogP contribution in [0, 0.1) is 0 Å². The highest BCUT2D eigenvalue weighted by atomic mass is 16.5. The van der Waals surface area contributed by atoms with Gasteiger partial charge in [0.2, 0.25) is 5.91 Å². The van der Waals surface area contributed by atoms with E-state index in [9.17, 15) is 19.2 Å². The minimum atomic E-state index is -0.719. The van der Waals surface area contributed by atoms with Crippen molar-refractivity contribution in [2.24, 2.45) is 5.10 Å². The molecule has 3 N–H and O–H groups in total. The van der Waals surface area contributed by atoms with Crippen molar-refractivity contribution in [2.45, 2.75) is 70.1 Å². The van der Waals surface area contributed by atoms with Crippen molar-refractivity contribution < 1.29 is 33.9 Å². The number of carbonyl (C=O) groups excluding carboxylic acids is 4. The van der Waals surface area contributed by atoms with E-state index < -0.39 is 18.4 Å². The summed E-state index contributed by atoms with van der Waals surface area (Å²) < 4.78 is 11.1.